The van der Waals surface area contributed by atoms with Crippen LogP contribution in [0.25, 0.3) is 0 Å². The van der Waals surface area contributed by atoms with Crippen LogP contribution in [-0.4, -0.2) is 32.1 Å². The van der Waals surface area contributed by atoms with E-state index in [0.717, 1.165) is 25.4 Å². The van der Waals surface area contributed by atoms with E-state index >= 15 is 0 Å². The molecule has 1 saturated heterocycles. The maximum absolute atomic E-state index is 11.9. The highest BCUT2D eigenvalue weighted by Crippen LogP contribution is 2.23. The zero-order chi connectivity index (χ0) is 15.9. The van der Waals surface area contributed by atoms with Crippen LogP contribution in [0.1, 0.15) is 43.7 Å². The Bertz CT molecular complexity index is 500. The lowest BCUT2D eigenvalue weighted by molar-refractivity contribution is -0.123. The summed E-state index contributed by atoms with van der Waals surface area (Å²) in [7, 11) is 0. The fourth-order valence-electron chi connectivity index (χ4n) is 2.94. The van der Waals surface area contributed by atoms with E-state index in [1.54, 1.807) is 0 Å². The monoisotopic (exact) mass is 340 g/mol. The topological polar surface area (TPSA) is 50.4 Å². The molecule has 0 bridgehead atoms. The Morgan fingerprint density at radius 3 is 2.83 bits per heavy atom. The zero-order valence-electron chi connectivity index (χ0n) is 14.4. The highest BCUT2D eigenvalue weighted by molar-refractivity contribution is 5.85. The quantitative estimate of drug-likeness (QED) is 0.837. The maximum Gasteiger partial charge on any atom is 0.257 e. The van der Waals surface area contributed by atoms with Crippen LogP contribution in [0.15, 0.2) is 18.2 Å². The van der Waals surface area contributed by atoms with Crippen LogP contribution < -0.4 is 15.4 Å². The van der Waals surface area contributed by atoms with E-state index in [-0.39, 0.29) is 24.9 Å². The number of benzene rings is 1. The molecule has 4 nitrogen and oxygen atoms in total. The van der Waals surface area contributed by atoms with Crippen molar-refractivity contribution in [1.82, 2.24) is 10.6 Å². The molecule has 1 atom stereocenters. The predicted octanol–water partition coefficient (Wildman–Crippen LogP) is 3.03. The van der Waals surface area contributed by atoms with E-state index in [9.17, 15) is 4.79 Å². The van der Waals surface area contributed by atoms with Crippen LogP contribution in [-0.2, 0) is 4.79 Å². The van der Waals surface area contributed by atoms with Gasteiger partial charge in [-0.15, -0.1) is 12.4 Å². The van der Waals surface area contributed by atoms with Gasteiger partial charge in [0, 0.05) is 6.54 Å². The van der Waals surface area contributed by atoms with Gasteiger partial charge in [-0.25, -0.2) is 0 Å². The minimum Gasteiger partial charge on any atom is -0.484 e. The van der Waals surface area contributed by atoms with Gasteiger partial charge in [0.05, 0.1) is 0 Å². The number of carbonyl (C=O) groups excluding carboxylic acids is 1. The summed E-state index contributed by atoms with van der Waals surface area (Å²) in [6.45, 7) is 9.35. The highest BCUT2D eigenvalue weighted by Gasteiger charge is 2.14. The molecule has 23 heavy (non-hydrogen) atoms. The van der Waals surface area contributed by atoms with E-state index in [1.165, 1.54) is 24.0 Å². The van der Waals surface area contributed by atoms with Gasteiger partial charge in [-0.05, 0) is 68.0 Å². The SMILES string of the molecule is Cc1cc(OCC(=O)NCC2CCCNC2)ccc1C(C)C.Cl. The molecule has 0 aliphatic carbocycles. The molecule has 5 heteroatoms. The first kappa shape index (κ1) is 19.8. The number of carbonyl (C=O) groups is 1. The second-order valence-electron chi connectivity index (χ2n) is 6.48. The number of ether oxygens (including phenoxy) is 1. The Labute approximate surface area is 145 Å². The number of piperidine rings is 1. The average molecular weight is 341 g/mol. The molecular weight excluding hydrogens is 312 g/mol. The van der Waals surface area contributed by atoms with Gasteiger partial charge in [-0.3, -0.25) is 4.79 Å². The Morgan fingerprint density at radius 2 is 2.22 bits per heavy atom. The fourth-order valence-corrected chi connectivity index (χ4v) is 2.94. The number of nitrogens with one attached hydrogen (secondary N) is 2. The summed E-state index contributed by atoms with van der Waals surface area (Å²) >= 11 is 0. The maximum atomic E-state index is 11.9. The average Bonchev–Trinajstić information content (AvgIpc) is 2.51. The van der Waals surface area contributed by atoms with Crippen molar-refractivity contribution < 1.29 is 9.53 Å². The van der Waals surface area contributed by atoms with Gasteiger partial charge in [0.15, 0.2) is 6.61 Å². The summed E-state index contributed by atoms with van der Waals surface area (Å²) < 4.78 is 5.60. The van der Waals surface area contributed by atoms with Gasteiger partial charge in [0.1, 0.15) is 5.75 Å². The highest BCUT2D eigenvalue weighted by atomic mass is 35.5. The van der Waals surface area contributed by atoms with E-state index < -0.39 is 0 Å². The molecule has 2 rings (SSSR count). The lowest BCUT2D eigenvalue weighted by Crippen LogP contribution is -2.39. The smallest absolute Gasteiger partial charge is 0.257 e. The molecule has 1 amide bonds. The van der Waals surface area contributed by atoms with E-state index in [0.29, 0.717) is 11.8 Å². The van der Waals surface area contributed by atoms with Gasteiger partial charge >= 0.3 is 0 Å². The Morgan fingerprint density at radius 1 is 1.43 bits per heavy atom. The Kier molecular flexibility index (Phi) is 8.42. The number of amides is 1. The molecule has 1 heterocycles. The molecule has 1 fully saturated rings. The van der Waals surface area contributed by atoms with Gasteiger partial charge < -0.3 is 15.4 Å². The minimum absolute atomic E-state index is 0. The summed E-state index contributed by atoms with van der Waals surface area (Å²) in [6.07, 6.45) is 2.38. The van der Waals surface area contributed by atoms with Crippen LogP contribution in [0.5, 0.6) is 5.75 Å². The van der Waals surface area contributed by atoms with E-state index in [2.05, 4.69) is 37.5 Å². The van der Waals surface area contributed by atoms with Crippen LogP contribution >= 0.6 is 12.4 Å². The van der Waals surface area contributed by atoms with Crippen molar-refractivity contribution in [3.05, 3.63) is 29.3 Å². The zero-order valence-corrected chi connectivity index (χ0v) is 15.2. The minimum atomic E-state index is -0.0452. The van der Waals surface area contributed by atoms with Crippen LogP contribution in [0.2, 0.25) is 0 Å². The first-order valence-corrected chi connectivity index (χ1v) is 8.27. The van der Waals surface area contributed by atoms with Crippen LogP contribution in [0.3, 0.4) is 0 Å². The van der Waals surface area contributed by atoms with Gasteiger partial charge in [-0.1, -0.05) is 19.9 Å². The fraction of sp³-hybridized carbons (Fsp3) is 0.611. The molecule has 1 aromatic carbocycles. The first-order valence-electron chi connectivity index (χ1n) is 8.27. The molecule has 1 aromatic rings. The molecule has 2 N–H and O–H groups in total. The van der Waals surface area contributed by atoms with Crippen molar-refractivity contribution >= 4 is 18.3 Å². The van der Waals surface area contributed by atoms with Crippen molar-refractivity contribution in [2.24, 2.45) is 5.92 Å². The first-order chi connectivity index (χ1) is 10.6. The van der Waals surface area contributed by atoms with Crippen molar-refractivity contribution in [3.63, 3.8) is 0 Å². The molecule has 1 aliphatic heterocycles. The van der Waals surface area contributed by atoms with Crippen molar-refractivity contribution in [3.8, 4) is 5.75 Å². The van der Waals surface area contributed by atoms with E-state index in [1.807, 2.05) is 12.1 Å². The largest absolute Gasteiger partial charge is 0.484 e. The number of hydrogen-bond donors (Lipinski definition) is 2. The number of hydrogen-bond acceptors (Lipinski definition) is 3. The number of aryl methyl sites for hydroxylation is 1. The van der Waals surface area contributed by atoms with Crippen molar-refractivity contribution in [2.45, 2.75) is 39.5 Å². The summed E-state index contributed by atoms with van der Waals surface area (Å²) in [4.78, 5) is 11.9. The van der Waals surface area contributed by atoms with Gasteiger partial charge in [0.2, 0.25) is 0 Å². The summed E-state index contributed by atoms with van der Waals surface area (Å²) in [6, 6.07) is 6.04. The third-order valence-corrected chi connectivity index (χ3v) is 4.22. The number of halogens is 1. The third kappa shape index (κ3) is 6.40. The molecule has 0 saturated carbocycles. The van der Waals surface area contributed by atoms with Crippen LogP contribution in [0, 0.1) is 12.8 Å². The van der Waals surface area contributed by atoms with Crippen LogP contribution in [0.4, 0.5) is 0 Å². The molecule has 130 valence electrons. The summed E-state index contributed by atoms with van der Waals surface area (Å²) in [5, 5.41) is 6.32. The predicted molar refractivity (Wildman–Crippen MR) is 96.6 cm³/mol. The van der Waals surface area contributed by atoms with Crippen molar-refractivity contribution in [1.29, 1.82) is 0 Å². The summed E-state index contributed by atoms with van der Waals surface area (Å²) in [5.74, 6) is 1.76. The molecule has 0 spiro atoms. The lowest BCUT2D eigenvalue weighted by atomic mass is 9.98. The second-order valence-corrected chi connectivity index (χ2v) is 6.48. The molecule has 0 radical (unpaired) electrons. The Hall–Kier alpha value is -1.26. The summed E-state index contributed by atoms with van der Waals surface area (Å²) in [5.41, 5.74) is 2.53. The normalized spacial score (nSPS) is 17.5. The molecule has 0 aromatic heterocycles. The molecular formula is C18H29ClN2O2. The Balaban J connectivity index is 0.00000264. The third-order valence-electron chi connectivity index (χ3n) is 4.22. The molecule has 1 aliphatic rings. The number of rotatable bonds is 6. The molecule has 1 unspecified atom stereocenters. The second kappa shape index (κ2) is 9.78. The van der Waals surface area contributed by atoms with Gasteiger partial charge in [-0.2, -0.15) is 0 Å². The van der Waals surface area contributed by atoms with Crippen molar-refractivity contribution in [2.75, 3.05) is 26.2 Å². The standard InChI is InChI=1S/C18H28N2O2.ClH/c1-13(2)17-7-6-16(9-14(17)3)22-12-18(21)20-11-15-5-4-8-19-10-15;/h6-7,9,13,15,19H,4-5,8,10-12H2,1-3H3,(H,20,21);1H. The lowest BCUT2D eigenvalue weighted by Gasteiger charge is -2.22. The van der Waals surface area contributed by atoms with Gasteiger partial charge in [0.25, 0.3) is 5.91 Å². The van der Waals surface area contributed by atoms with E-state index in [4.69, 9.17) is 4.74 Å².